The van der Waals surface area contributed by atoms with Crippen molar-refractivity contribution in [3.63, 3.8) is 0 Å². The number of carboxylic acids is 1. The molecular formula is C10H16O3. The lowest BCUT2D eigenvalue weighted by Gasteiger charge is -2.18. The topological polar surface area (TPSA) is 46.5 Å². The molecule has 2 atom stereocenters. The van der Waals surface area contributed by atoms with Crippen LogP contribution in [0.25, 0.3) is 0 Å². The van der Waals surface area contributed by atoms with Gasteiger partial charge in [-0.1, -0.05) is 0 Å². The zero-order valence-corrected chi connectivity index (χ0v) is 7.95. The molecule has 1 N–H and O–H groups in total. The second-order valence-electron chi connectivity index (χ2n) is 4.41. The SMILES string of the molecule is CC1OCCC1CC1(C(=O)O)CC1. The summed E-state index contributed by atoms with van der Waals surface area (Å²) in [5, 5.41) is 9.01. The van der Waals surface area contributed by atoms with E-state index in [-0.39, 0.29) is 11.5 Å². The second kappa shape index (κ2) is 2.98. The minimum absolute atomic E-state index is 0.261. The molecular weight excluding hydrogens is 168 g/mol. The Morgan fingerprint density at radius 1 is 1.62 bits per heavy atom. The molecule has 1 saturated carbocycles. The van der Waals surface area contributed by atoms with Gasteiger partial charge in [-0.25, -0.2) is 0 Å². The van der Waals surface area contributed by atoms with Gasteiger partial charge in [0.2, 0.25) is 0 Å². The number of ether oxygens (including phenoxy) is 1. The molecule has 0 amide bonds. The Morgan fingerprint density at radius 3 is 2.69 bits per heavy atom. The molecule has 13 heavy (non-hydrogen) atoms. The molecule has 2 fully saturated rings. The Hall–Kier alpha value is -0.570. The normalized spacial score (nSPS) is 36.1. The van der Waals surface area contributed by atoms with Crippen LogP contribution in [0.3, 0.4) is 0 Å². The molecule has 2 unspecified atom stereocenters. The lowest BCUT2D eigenvalue weighted by atomic mass is 9.88. The minimum atomic E-state index is -0.605. The average Bonchev–Trinajstić information content (AvgIpc) is 2.74. The van der Waals surface area contributed by atoms with Crippen LogP contribution in [0.1, 0.15) is 32.6 Å². The summed E-state index contributed by atoms with van der Waals surface area (Å²) < 4.78 is 5.43. The number of hydrogen-bond acceptors (Lipinski definition) is 2. The Balaban J connectivity index is 1.94. The van der Waals surface area contributed by atoms with Crippen molar-refractivity contribution in [1.82, 2.24) is 0 Å². The smallest absolute Gasteiger partial charge is 0.309 e. The molecule has 1 aliphatic heterocycles. The fourth-order valence-electron chi connectivity index (χ4n) is 2.20. The van der Waals surface area contributed by atoms with E-state index in [4.69, 9.17) is 9.84 Å². The molecule has 1 heterocycles. The number of carboxylic acid groups (broad SMARTS) is 1. The van der Waals surface area contributed by atoms with Crippen molar-refractivity contribution >= 4 is 5.97 Å². The maximum absolute atomic E-state index is 10.9. The summed E-state index contributed by atoms with van der Waals surface area (Å²) in [6.45, 7) is 2.86. The molecule has 74 valence electrons. The van der Waals surface area contributed by atoms with Gasteiger partial charge in [0.05, 0.1) is 11.5 Å². The third kappa shape index (κ3) is 1.57. The van der Waals surface area contributed by atoms with Crippen LogP contribution < -0.4 is 0 Å². The molecule has 2 rings (SSSR count). The minimum Gasteiger partial charge on any atom is -0.481 e. The Morgan fingerprint density at radius 2 is 2.31 bits per heavy atom. The highest BCUT2D eigenvalue weighted by molar-refractivity contribution is 5.77. The highest BCUT2D eigenvalue weighted by Crippen LogP contribution is 2.52. The van der Waals surface area contributed by atoms with E-state index in [1.54, 1.807) is 0 Å². The fraction of sp³-hybridized carbons (Fsp3) is 0.900. The van der Waals surface area contributed by atoms with Gasteiger partial charge in [-0.2, -0.15) is 0 Å². The first-order chi connectivity index (χ1) is 6.14. The van der Waals surface area contributed by atoms with Crippen LogP contribution in [0.5, 0.6) is 0 Å². The van der Waals surface area contributed by atoms with E-state index in [0.29, 0.717) is 5.92 Å². The molecule has 3 nitrogen and oxygen atoms in total. The van der Waals surface area contributed by atoms with E-state index in [2.05, 4.69) is 6.92 Å². The largest absolute Gasteiger partial charge is 0.481 e. The standard InChI is InChI=1S/C10H16O3/c1-7-8(2-5-13-7)6-10(3-4-10)9(11)12/h7-8H,2-6H2,1H3,(H,11,12). The van der Waals surface area contributed by atoms with Crippen molar-refractivity contribution in [3.8, 4) is 0 Å². The van der Waals surface area contributed by atoms with E-state index in [1.807, 2.05) is 0 Å². The predicted molar refractivity (Wildman–Crippen MR) is 47.4 cm³/mol. The van der Waals surface area contributed by atoms with E-state index in [0.717, 1.165) is 32.3 Å². The second-order valence-corrected chi connectivity index (χ2v) is 4.41. The number of rotatable bonds is 3. The quantitative estimate of drug-likeness (QED) is 0.725. The van der Waals surface area contributed by atoms with Crippen LogP contribution in [-0.2, 0) is 9.53 Å². The van der Waals surface area contributed by atoms with Gasteiger partial charge in [-0.3, -0.25) is 4.79 Å². The van der Waals surface area contributed by atoms with E-state index in [9.17, 15) is 4.79 Å². The Bertz CT molecular complexity index is 220. The summed E-state index contributed by atoms with van der Waals surface area (Å²) in [5.41, 5.74) is -0.368. The fourth-order valence-corrected chi connectivity index (χ4v) is 2.20. The van der Waals surface area contributed by atoms with Crippen molar-refractivity contribution in [3.05, 3.63) is 0 Å². The maximum Gasteiger partial charge on any atom is 0.309 e. The highest BCUT2D eigenvalue weighted by atomic mass is 16.5. The lowest BCUT2D eigenvalue weighted by Crippen LogP contribution is -2.22. The lowest BCUT2D eigenvalue weighted by molar-refractivity contribution is -0.144. The Kier molecular flexibility index (Phi) is 2.06. The van der Waals surface area contributed by atoms with Crippen molar-refractivity contribution in [2.75, 3.05) is 6.61 Å². The first-order valence-electron chi connectivity index (χ1n) is 4.99. The molecule has 0 aromatic heterocycles. The van der Waals surface area contributed by atoms with Crippen LogP contribution in [0.15, 0.2) is 0 Å². The molecule has 0 aromatic rings. The van der Waals surface area contributed by atoms with Crippen LogP contribution in [0.2, 0.25) is 0 Å². The average molecular weight is 184 g/mol. The Labute approximate surface area is 78.1 Å². The summed E-state index contributed by atoms with van der Waals surface area (Å²) in [5.74, 6) is -0.134. The molecule has 1 saturated heterocycles. The van der Waals surface area contributed by atoms with E-state index >= 15 is 0 Å². The summed E-state index contributed by atoms with van der Waals surface area (Å²) >= 11 is 0. The first kappa shape index (κ1) is 9.00. The van der Waals surface area contributed by atoms with Gasteiger partial charge in [-0.05, 0) is 38.5 Å². The van der Waals surface area contributed by atoms with Crippen molar-refractivity contribution < 1.29 is 14.6 Å². The van der Waals surface area contributed by atoms with Crippen molar-refractivity contribution in [2.24, 2.45) is 11.3 Å². The van der Waals surface area contributed by atoms with Crippen LogP contribution >= 0.6 is 0 Å². The number of aliphatic carboxylic acids is 1. The molecule has 0 bridgehead atoms. The maximum atomic E-state index is 10.9. The van der Waals surface area contributed by atoms with Crippen molar-refractivity contribution in [2.45, 2.75) is 38.7 Å². The summed E-state index contributed by atoms with van der Waals surface area (Å²) in [6, 6.07) is 0. The monoisotopic (exact) mass is 184 g/mol. The van der Waals surface area contributed by atoms with Gasteiger partial charge in [-0.15, -0.1) is 0 Å². The summed E-state index contributed by atoms with van der Waals surface area (Å²) in [6.07, 6.45) is 3.85. The number of carbonyl (C=O) groups is 1. The number of hydrogen-bond donors (Lipinski definition) is 1. The third-order valence-corrected chi connectivity index (χ3v) is 3.49. The third-order valence-electron chi connectivity index (χ3n) is 3.49. The summed E-state index contributed by atoms with van der Waals surface area (Å²) in [4.78, 5) is 10.9. The van der Waals surface area contributed by atoms with Crippen LogP contribution in [-0.4, -0.2) is 23.8 Å². The van der Waals surface area contributed by atoms with E-state index < -0.39 is 5.97 Å². The highest BCUT2D eigenvalue weighted by Gasteiger charge is 2.52. The predicted octanol–water partition coefficient (Wildman–Crippen LogP) is 1.67. The molecule has 0 spiro atoms. The first-order valence-corrected chi connectivity index (χ1v) is 4.99. The van der Waals surface area contributed by atoms with Gasteiger partial charge in [0, 0.05) is 6.61 Å². The zero-order chi connectivity index (χ0) is 9.47. The molecule has 0 radical (unpaired) electrons. The van der Waals surface area contributed by atoms with Crippen LogP contribution in [0, 0.1) is 11.3 Å². The van der Waals surface area contributed by atoms with Crippen LogP contribution in [0.4, 0.5) is 0 Å². The van der Waals surface area contributed by atoms with E-state index in [1.165, 1.54) is 0 Å². The summed E-state index contributed by atoms with van der Waals surface area (Å²) in [7, 11) is 0. The molecule has 2 aliphatic rings. The van der Waals surface area contributed by atoms with Gasteiger partial charge in [0.1, 0.15) is 0 Å². The van der Waals surface area contributed by atoms with Gasteiger partial charge >= 0.3 is 5.97 Å². The molecule has 0 aromatic carbocycles. The molecule has 1 aliphatic carbocycles. The van der Waals surface area contributed by atoms with Gasteiger partial charge in [0.15, 0.2) is 0 Å². The van der Waals surface area contributed by atoms with Gasteiger partial charge in [0.25, 0.3) is 0 Å². The van der Waals surface area contributed by atoms with Gasteiger partial charge < -0.3 is 9.84 Å². The zero-order valence-electron chi connectivity index (χ0n) is 7.95. The molecule has 3 heteroatoms. The van der Waals surface area contributed by atoms with Crippen molar-refractivity contribution in [1.29, 1.82) is 0 Å².